The molecule has 0 atom stereocenters. The lowest BCUT2D eigenvalue weighted by molar-refractivity contribution is -0.384. The van der Waals surface area contributed by atoms with Crippen molar-refractivity contribution in [3.63, 3.8) is 0 Å². The number of hydrogen-bond acceptors (Lipinski definition) is 4. The van der Waals surface area contributed by atoms with Gasteiger partial charge in [-0.15, -0.1) is 0 Å². The van der Waals surface area contributed by atoms with Gasteiger partial charge >= 0.3 is 0 Å². The molecule has 0 aromatic heterocycles. The van der Waals surface area contributed by atoms with Crippen LogP contribution in [0.15, 0.2) is 42.5 Å². The summed E-state index contributed by atoms with van der Waals surface area (Å²) >= 11 is 11.4. The first kappa shape index (κ1) is 19.5. The van der Waals surface area contributed by atoms with Crippen molar-refractivity contribution in [2.24, 2.45) is 0 Å². The maximum absolute atomic E-state index is 10.9. The van der Waals surface area contributed by atoms with E-state index in [-0.39, 0.29) is 5.69 Å². The average Bonchev–Trinajstić information content (AvgIpc) is 3.16. The molecule has 8 heteroatoms. The van der Waals surface area contributed by atoms with Crippen molar-refractivity contribution in [2.75, 3.05) is 18.4 Å². The molecule has 142 valence electrons. The lowest BCUT2D eigenvalue weighted by Crippen LogP contribution is -2.29. The summed E-state index contributed by atoms with van der Waals surface area (Å²) in [7, 11) is 0. The predicted molar refractivity (Wildman–Crippen MR) is 112 cm³/mol. The molecule has 1 aliphatic heterocycles. The molecule has 1 saturated heterocycles. The minimum absolute atomic E-state index is 0.0411. The molecule has 0 amide bonds. The van der Waals surface area contributed by atoms with Gasteiger partial charge in [0.1, 0.15) is 0 Å². The van der Waals surface area contributed by atoms with Crippen molar-refractivity contribution in [3.8, 4) is 0 Å². The molecule has 1 heterocycles. The topological polar surface area (TPSA) is 70.4 Å². The van der Waals surface area contributed by atoms with Gasteiger partial charge < -0.3 is 10.6 Å². The minimum atomic E-state index is -0.466. The fraction of sp³-hybridized carbons (Fsp3) is 0.316. The van der Waals surface area contributed by atoms with Crippen LogP contribution in [0.4, 0.5) is 11.4 Å². The van der Waals surface area contributed by atoms with Crippen LogP contribution < -0.4 is 10.6 Å². The van der Waals surface area contributed by atoms with Crippen molar-refractivity contribution in [2.45, 2.75) is 25.9 Å². The quantitative estimate of drug-likeness (QED) is 0.424. The van der Waals surface area contributed by atoms with E-state index in [1.54, 1.807) is 0 Å². The first-order valence-electron chi connectivity index (χ1n) is 8.81. The zero-order valence-electron chi connectivity index (χ0n) is 14.8. The maximum atomic E-state index is 10.9. The summed E-state index contributed by atoms with van der Waals surface area (Å²) in [6.45, 7) is 3.80. The minimum Gasteiger partial charge on any atom is -0.358 e. The lowest BCUT2D eigenvalue weighted by atomic mass is 10.1. The maximum Gasteiger partial charge on any atom is 0.271 e. The number of likely N-dealkylation sites (tertiary alicyclic amines) is 1. The van der Waals surface area contributed by atoms with Crippen LogP contribution in [-0.4, -0.2) is 28.0 Å². The van der Waals surface area contributed by atoms with Gasteiger partial charge in [0.15, 0.2) is 5.11 Å². The van der Waals surface area contributed by atoms with Gasteiger partial charge in [-0.3, -0.25) is 15.0 Å². The van der Waals surface area contributed by atoms with Crippen LogP contribution in [0.2, 0.25) is 5.02 Å². The zero-order valence-corrected chi connectivity index (χ0v) is 16.4. The molecule has 2 aromatic carbocycles. The third-order valence-electron chi connectivity index (χ3n) is 4.56. The van der Waals surface area contributed by atoms with Crippen LogP contribution in [0.3, 0.4) is 0 Å². The number of nitro groups is 1. The monoisotopic (exact) mass is 404 g/mol. The normalized spacial score (nSPS) is 14.1. The van der Waals surface area contributed by atoms with Gasteiger partial charge in [-0.25, -0.2) is 0 Å². The van der Waals surface area contributed by atoms with Crippen LogP contribution in [-0.2, 0) is 13.1 Å². The smallest absolute Gasteiger partial charge is 0.271 e. The van der Waals surface area contributed by atoms with E-state index in [2.05, 4.69) is 27.7 Å². The van der Waals surface area contributed by atoms with Crippen LogP contribution in [0.25, 0.3) is 0 Å². The van der Waals surface area contributed by atoms with Crippen LogP contribution in [0.1, 0.15) is 24.0 Å². The van der Waals surface area contributed by atoms with Gasteiger partial charge in [0.25, 0.3) is 5.69 Å². The fourth-order valence-corrected chi connectivity index (χ4v) is 3.48. The number of benzene rings is 2. The first-order valence-corrected chi connectivity index (χ1v) is 9.59. The third kappa shape index (κ3) is 5.38. The highest BCUT2D eigenvalue weighted by Gasteiger charge is 2.14. The van der Waals surface area contributed by atoms with E-state index in [9.17, 15) is 10.1 Å². The lowest BCUT2D eigenvalue weighted by Gasteiger charge is -2.18. The average molecular weight is 405 g/mol. The van der Waals surface area contributed by atoms with Crippen molar-refractivity contribution >= 4 is 40.3 Å². The van der Waals surface area contributed by atoms with Crippen LogP contribution in [0, 0.1) is 10.1 Å². The Balaban J connectivity index is 1.61. The second kappa shape index (κ2) is 9.12. The predicted octanol–water partition coefficient (Wildman–Crippen LogP) is 4.33. The van der Waals surface area contributed by atoms with Gasteiger partial charge in [0, 0.05) is 25.2 Å². The second-order valence-electron chi connectivity index (χ2n) is 6.48. The Morgan fingerprint density at radius 3 is 2.59 bits per heavy atom. The van der Waals surface area contributed by atoms with Gasteiger partial charge in [0.2, 0.25) is 0 Å². The van der Waals surface area contributed by atoms with Crippen molar-refractivity contribution < 1.29 is 4.92 Å². The fourth-order valence-electron chi connectivity index (χ4n) is 3.13. The third-order valence-corrected chi connectivity index (χ3v) is 5.14. The van der Waals surface area contributed by atoms with Crippen molar-refractivity contribution in [1.29, 1.82) is 0 Å². The number of nitro benzene ring substituents is 1. The second-order valence-corrected chi connectivity index (χ2v) is 7.30. The number of anilines is 1. The molecule has 0 radical (unpaired) electrons. The Hall–Kier alpha value is -2.22. The molecule has 27 heavy (non-hydrogen) atoms. The molecular formula is C19H21ClN4O2S. The van der Waals surface area contributed by atoms with Crippen molar-refractivity contribution in [1.82, 2.24) is 10.2 Å². The summed E-state index contributed by atoms with van der Waals surface area (Å²) in [5, 5.41) is 17.8. The Labute approximate surface area is 168 Å². The highest BCUT2D eigenvalue weighted by molar-refractivity contribution is 7.80. The standard InChI is InChI=1S/C19H21ClN4O2S/c20-17-8-7-16(24(25)26)11-18(17)22-19(27)21-12-14-5-1-2-6-15(14)13-23-9-3-4-10-23/h1-2,5-8,11H,3-4,9-10,12-13H2,(H2,21,22,27). The molecule has 0 aliphatic carbocycles. The molecule has 1 aliphatic rings. The van der Waals surface area contributed by atoms with E-state index >= 15 is 0 Å². The molecule has 0 saturated carbocycles. The van der Waals surface area contributed by atoms with Gasteiger partial charge in [-0.1, -0.05) is 35.9 Å². The van der Waals surface area contributed by atoms with E-state index in [1.807, 2.05) is 12.1 Å². The first-order chi connectivity index (χ1) is 13.0. The SMILES string of the molecule is O=[N+]([O-])c1ccc(Cl)c(NC(=S)NCc2ccccc2CN2CCCC2)c1. The summed E-state index contributed by atoms with van der Waals surface area (Å²) in [5.74, 6) is 0. The number of hydrogen-bond donors (Lipinski definition) is 2. The van der Waals surface area contributed by atoms with Gasteiger partial charge in [0.05, 0.1) is 15.6 Å². The van der Waals surface area contributed by atoms with Crippen LogP contribution >= 0.6 is 23.8 Å². The summed E-state index contributed by atoms with van der Waals surface area (Å²) in [6.07, 6.45) is 2.52. The molecule has 6 nitrogen and oxygen atoms in total. The van der Waals surface area contributed by atoms with E-state index in [4.69, 9.17) is 23.8 Å². The number of nitrogens with zero attached hydrogens (tertiary/aromatic N) is 2. The van der Waals surface area contributed by atoms with E-state index in [1.165, 1.54) is 42.2 Å². The highest BCUT2D eigenvalue weighted by atomic mass is 35.5. The Morgan fingerprint density at radius 1 is 1.19 bits per heavy atom. The van der Waals surface area contributed by atoms with E-state index in [0.717, 1.165) is 19.6 Å². The molecule has 3 rings (SSSR count). The van der Waals surface area contributed by atoms with Gasteiger partial charge in [-0.2, -0.15) is 0 Å². The summed E-state index contributed by atoms with van der Waals surface area (Å²) in [6, 6.07) is 12.5. The summed E-state index contributed by atoms with van der Waals surface area (Å²) < 4.78 is 0. The number of rotatable bonds is 6. The van der Waals surface area contributed by atoms with E-state index < -0.39 is 4.92 Å². The number of halogens is 1. The zero-order chi connectivity index (χ0) is 19.2. The molecule has 0 unspecified atom stereocenters. The van der Waals surface area contributed by atoms with Crippen LogP contribution in [0.5, 0.6) is 0 Å². The molecule has 1 fully saturated rings. The Bertz CT molecular complexity index is 840. The highest BCUT2D eigenvalue weighted by Crippen LogP contribution is 2.26. The molecule has 0 spiro atoms. The Kier molecular flexibility index (Phi) is 6.60. The molecule has 2 aromatic rings. The molecule has 2 N–H and O–H groups in total. The van der Waals surface area contributed by atoms with Gasteiger partial charge in [-0.05, 0) is 55.3 Å². The number of non-ortho nitro benzene ring substituents is 1. The molecular weight excluding hydrogens is 384 g/mol. The summed E-state index contributed by atoms with van der Waals surface area (Å²) in [4.78, 5) is 12.9. The number of nitrogens with one attached hydrogen (secondary N) is 2. The van der Waals surface area contributed by atoms with E-state index in [0.29, 0.717) is 22.4 Å². The largest absolute Gasteiger partial charge is 0.358 e. The number of thiocarbonyl (C=S) groups is 1. The molecule has 0 bridgehead atoms. The summed E-state index contributed by atoms with van der Waals surface area (Å²) in [5.41, 5.74) is 2.83. The Morgan fingerprint density at radius 2 is 1.89 bits per heavy atom. The van der Waals surface area contributed by atoms with Crippen molar-refractivity contribution in [3.05, 3.63) is 68.7 Å².